The number of pyridine rings is 1. The van der Waals surface area contributed by atoms with E-state index in [1.165, 1.54) is 6.08 Å². The van der Waals surface area contributed by atoms with Crippen LogP contribution < -0.4 is 10.2 Å². The molecule has 102 valence electrons. The number of allylic oxidation sites excluding steroid dienone is 1. The predicted molar refractivity (Wildman–Crippen MR) is 82.1 cm³/mol. The molecular weight excluding hydrogens is 250 g/mol. The third kappa shape index (κ3) is 3.68. The molecule has 0 atom stereocenters. The third-order valence-electron chi connectivity index (χ3n) is 2.83. The lowest BCUT2D eigenvalue weighted by molar-refractivity contribution is 0.104. The Morgan fingerprint density at radius 3 is 2.35 bits per heavy atom. The Hall–Kier alpha value is -2.62. The molecule has 0 fully saturated rings. The van der Waals surface area contributed by atoms with Crippen LogP contribution in [0.1, 0.15) is 10.4 Å². The molecule has 2 rings (SSSR count). The molecule has 1 N–H and O–H groups in total. The van der Waals surface area contributed by atoms with Gasteiger partial charge in [-0.25, -0.2) is 0 Å². The SMILES string of the molecule is CN(C)c1ccc(N/C=C\C(=O)c2ccncc2)cc1. The molecule has 0 spiro atoms. The lowest BCUT2D eigenvalue weighted by Crippen LogP contribution is -2.08. The Morgan fingerprint density at radius 2 is 1.75 bits per heavy atom. The minimum atomic E-state index is -0.0511. The molecule has 1 aromatic carbocycles. The van der Waals surface area contributed by atoms with E-state index in [0.29, 0.717) is 5.56 Å². The molecule has 0 saturated heterocycles. The minimum Gasteiger partial charge on any atom is -0.378 e. The highest BCUT2D eigenvalue weighted by Crippen LogP contribution is 2.15. The first-order chi connectivity index (χ1) is 9.66. The zero-order valence-electron chi connectivity index (χ0n) is 11.6. The average molecular weight is 267 g/mol. The number of rotatable bonds is 5. The van der Waals surface area contributed by atoms with Crippen LogP contribution in [0.4, 0.5) is 11.4 Å². The number of nitrogens with one attached hydrogen (secondary N) is 1. The largest absolute Gasteiger partial charge is 0.378 e. The first kappa shape index (κ1) is 13.8. The zero-order chi connectivity index (χ0) is 14.4. The van der Waals surface area contributed by atoms with Crippen LogP contribution in [0, 0.1) is 0 Å². The van der Waals surface area contributed by atoms with Gasteiger partial charge in [0.25, 0.3) is 0 Å². The van der Waals surface area contributed by atoms with Gasteiger partial charge in [-0.3, -0.25) is 9.78 Å². The average Bonchev–Trinajstić information content (AvgIpc) is 2.48. The lowest BCUT2D eigenvalue weighted by Gasteiger charge is -2.12. The van der Waals surface area contributed by atoms with Crippen molar-refractivity contribution < 1.29 is 4.79 Å². The Labute approximate surface area is 118 Å². The van der Waals surface area contributed by atoms with Gasteiger partial charge < -0.3 is 10.2 Å². The number of benzene rings is 1. The van der Waals surface area contributed by atoms with Crippen molar-refractivity contribution in [2.75, 3.05) is 24.3 Å². The molecule has 20 heavy (non-hydrogen) atoms. The van der Waals surface area contributed by atoms with Crippen LogP contribution in [0.5, 0.6) is 0 Å². The number of anilines is 2. The van der Waals surface area contributed by atoms with Gasteiger partial charge in [-0.15, -0.1) is 0 Å². The summed E-state index contributed by atoms with van der Waals surface area (Å²) >= 11 is 0. The van der Waals surface area contributed by atoms with Crippen LogP contribution in [-0.2, 0) is 0 Å². The fourth-order valence-corrected chi connectivity index (χ4v) is 1.68. The molecule has 0 amide bonds. The summed E-state index contributed by atoms with van der Waals surface area (Å²) in [5, 5.41) is 3.08. The van der Waals surface area contributed by atoms with E-state index in [1.807, 2.05) is 43.3 Å². The molecule has 0 aliphatic rings. The Kier molecular flexibility index (Phi) is 4.50. The van der Waals surface area contributed by atoms with Crippen LogP contribution in [0.2, 0.25) is 0 Å². The second-order valence-electron chi connectivity index (χ2n) is 4.52. The van der Waals surface area contributed by atoms with E-state index in [9.17, 15) is 4.79 Å². The standard InChI is InChI=1S/C16H17N3O/c1-19(2)15-5-3-14(4-6-15)18-12-9-16(20)13-7-10-17-11-8-13/h3-12,18H,1-2H3/b12-9-. The van der Waals surface area contributed by atoms with Gasteiger partial charge >= 0.3 is 0 Å². The minimum absolute atomic E-state index is 0.0511. The Bertz CT molecular complexity index is 589. The van der Waals surface area contributed by atoms with Gasteiger partial charge in [-0.2, -0.15) is 0 Å². The molecule has 1 heterocycles. The Morgan fingerprint density at radius 1 is 1.10 bits per heavy atom. The van der Waals surface area contributed by atoms with Gasteiger partial charge in [-0.1, -0.05) is 0 Å². The quantitative estimate of drug-likeness (QED) is 0.668. The van der Waals surface area contributed by atoms with Crippen molar-refractivity contribution >= 4 is 17.2 Å². The maximum atomic E-state index is 11.8. The summed E-state index contributed by atoms with van der Waals surface area (Å²) in [6.07, 6.45) is 6.37. The van der Waals surface area contributed by atoms with E-state index in [0.717, 1.165) is 11.4 Å². The fraction of sp³-hybridized carbons (Fsp3) is 0.125. The van der Waals surface area contributed by atoms with Gasteiger partial charge in [0.2, 0.25) is 0 Å². The van der Waals surface area contributed by atoms with Crippen LogP contribution in [0.25, 0.3) is 0 Å². The summed E-state index contributed by atoms with van der Waals surface area (Å²) in [6.45, 7) is 0. The van der Waals surface area contributed by atoms with Crippen molar-refractivity contribution in [2.24, 2.45) is 0 Å². The van der Waals surface area contributed by atoms with E-state index in [2.05, 4.69) is 10.3 Å². The van der Waals surface area contributed by atoms with Crippen molar-refractivity contribution in [3.8, 4) is 0 Å². The fourth-order valence-electron chi connectivity index (χ4n) is 1.68. The lowest BCUT2D eigenvalue weighted by atomic mass is 10.2. The third-order valence-corrected chi connectivity index (χ3v) is 2.83. The molecule has 0 unspecified atom stereocenters. The van der Waals surface area contributed by atoms with Crippen molar-refractivity contribution in [1.82, 2.24) is 4.98 Å². The first-order valence-corrected chi connectivity index (χ1v) is 6.31. The maximum Gasteiger partial charge on any atom is 0.187 e. The normalized spacial score (nSPS) is 10.5. The van der Waals surface area contributed by atoms with Gasteiger partial charge in [0, 0.05) is 55.7 Å². The summed E-state index contributed by atoms with van der Waals surface area (Å²) in [5.41, 5.74) is 2.70. The van der Waals surface area contributed by atoms with Crippen LogP contribution >= 0.6 is 0 Å². The monoisotopic (exact) mass is 267 g/mol. The number of carbonyl (C=O) groups excluding carboxylic acids is 1. The molecule has 4 heteroatoms. The summed E-state index contributed by atoms with van der Waals surface area (Å²) in [5.74, 6) is -0.0511. The van der Waals surface area contributed by atoms with E-state index in [1.54, 1.807) is 30.7 Å². The maximum absolute atomic E-state index is 11.8. The van der Waals surface area contributed by atoms with Gasteiger partial charge in [0.1, 0.15) is 0 Å². The molecule has 0 bridgehead atoms. The molecule has 4 nitrogen and oxygen atoms in total. The van der Waals surface area contributed by atoms with Crippen molar-refractivity contribution in [3.63, 3.8) is 0 Å². The van der Waals surface area contributed by atoms with Crippen molar-refractivity contribution in [1.29, 1.82) is 0 Å². The van der Waals surface area contributed by atoms with Crippen LogP contribution in [-0.4, -0.2) is 24.9 Å². The second kappa shape index (κ2) is 6.52. The summed E-state index contributed by atoms with van der Waals surface area (Å²) < 4.78 is 0. The highest BCUT2D eigenvalue weighted by Gasteiger charge is 1.99. The molecule has 0 aliphatic heterocycles. The van der Waals surface area contributed by atoms with E-state index >= 15 is 0 Å². The van der Waals surface area contributed by atoms with Gasteiger partial charge in [-0.05, 0) is 36.4 Å². The molecule has 0 saturated carbocycles. The molecule has 0 radical (unpaired) electrons. The van der Waals surface area contributed by atoms with E-state index in [-0.39, 0.29) is 5.78 Å². The number of hydrogen-bond acceptors (Lipinski definition) is 4. The summed E-state index contributed by atoms with van der Waals surface area (Å²) in [4.78, 5) is 17.7. The Balaban J connectivity index is 1.95. The zero-order valence-corrected chi connectivity index (χ0v) is 11.6. The van der Waals surface area contributed by atoms with Crippen molar-refractivity contribution in [2.45, 2.75) is 0 Å². The van der Waals surface area contributed by atoms with Crippen LogP contribution in [0.3, 0.4) is 0 Å². The van der Waals surface area contributed by atoms with E-state index in [4.69, 9.17) is 0 Å². The molecule has 0 aliphatic carbocycles. The molecule has 1 aromatic heterocycles. The highest BCUT2D eigenvalue weighted by atomic mass is 16.1. The molecular formula is C16H17N3O. The summed E-state index contributed by atoms with van der Waals surface area (Å²) in [7, 11) is 3.99. The predicted octanol–water partition coefficient (Wildman–Crippen LogP) is 2.96. The number of aromatic nitrogens is 1. The topological polar surface area (TPSA) is 45.2 Å². The number of ketones is 1. The van der Waals surface area contributed by atoms with Gasteiger partial charge in [0.15, 0.2) is 5.78 Å². The van der Waals surface area contributed by atoms with E-state index < -0.39 is 0 Å². The van der Waals surface area contributed by atoms with Gasteiger partial charge in [0.05, 0.1) is 0 Å². The summed E-state index contributed by atoms with van der Waals surface area (Å²) in [6, 6.07) is 11.4. The highest BCUT2D eigenvalue weighted by molar-refractivity contribution is 6.04. The first-order valence-electron chi connectivity index (χ1n) is 6.31. The number of nitrogens with zero attached hydrogens (tertiary/aromatic N) is 2. The number of hydrogen-bond donors (Lipinski definition) is 1. The second-order valence-corrected chi connectivity index (χ2v) is 4.52. The smallest absolute Gasteiger partial charge is 0.187 e. The van der Waals surface area contributed by atoms with Crippen molar-refractivity contribution in [3.05, 3.63) is 66.6 Å². The molecule has 2 aromatic rings. The van der Waals surface area contributed by atoms with Crippen LogP contribution in [0.15, 0.2) is 61.1 Å². The number of carbonyl (C=O) groups is 1.